The van der Waals surface area contributed by atoms with Crippen LogP contribution in [-0.2, 0) is 4.79 Å². The monoisotopic (exact) mass is 350 g/mol. The maximum absolute atomic E-state index is 12.4. The molecule has 0 unspecified atom stereocenters. The molecule has 0 saturated heterocycles. The number of rotatable bonds is 4. The molecule has 9 nitrogen and oxygen atoms in total. The fourth-order valence-corrected chi connectivity index (χ4v) is 2.92. The summed E-state index contributed by atoms with van der Waals surface area (Å²) < 4.78 is 0. The Morgan fingerprint density at radius 1 is 1.23 bits per heavy atom. The topological polar surface area (TPSA) is 150 Å². The van der Waals surface area contributed by atoms with E-state index in [1.807, 2.05) is 12.3 Å². The van der Waals surface area contributed by atoms with E-state index in [1.165, 1.54) is 0 Å². The predicted molar refractivity (Wildman–Crippen MR) is 95.6 cm³/mol. The quantitative estimate of drug-likeness (QED) is 0.376. The molecule has 0 aliphatic heterocycles. The third-order valence-electron chi connectivity index (χ3n) is 4.09. The molecule has 0 aliphatic carbocycles. The first-order valence-electron chi connectivity index (χ1n) is 7.73. The molecule has 130 valence electrons. The van der Waals surface area contributed by atoms with E-state index in [2.05, 4.69) is 25.5 Å². The van der Waals surface area contributed by atoms with Crippen LogP contribution in [-0.4, -0.2) is 43.7 Å². The van der Waals surface area contributed by atoms with Gasteiger partial charge in [-0.2, -0.15) is 5.10 Å². The maximum Gasteiger partial charge on any atom is 0.322 e. The SMILES string of the molecule is Nc1cc2c(-c3cc(C(=O)NCC(=O)O)c4[nH]ncc4c3)c[nH]c2cn1. The molecule has 4 rings (SSSR count). The van der Waals surface area contributed by atoms with Crippen LogP contribution in [0.1, 0.15) is 10.4 Å². The highest BCUT2D eigenvalue weighted by Gasteiger charge is 2.16. The van der Waals surface area contributed by atoms with Crippen molar-refractivity contribution >= 4 is 39.5 Å². The molecule has 0 bridgehead atoms. The van der Waals surface area contributed by atoms with Crippen molar-refractivity contribution in [1.82, 2.24) is 25.5 Å². The zero-order valence-electron chi connectivity index (χ0n) is 13.4. The minimum absolute atomic E-state index is 0.313. The van der Waals surface area contributed by atoms with Crippen LogP contribution in [0.2, 0.25) is 0 Å². The fraction of sp³-hybridized carbons (Fsp3) is 0.0588. The van der Waals surface area contributed by atoms with Crippen molar-refractivity contribution in [3.8, 4) is 11.1 Å². The van der Waals surface area contributed by atoms with E-state index in [1.54, 1.807) is 24.5 Å². The number of carbonyl (C=O) groups excluding carboxylic acids is 1. The van der Waals surface area contributed by atoms with Gasteiger partial charge >= 0.3 is 5.97 Å². The number of aromatic nitrogens is 4. The van der Waals surface area contributed by atoms with Gasteiger partial charge in [-0.15, -0.1) is 0 Å². The Balaban J connectivity index is 1.86. The highest BCUT2D eigenvalue weighted by atomic mass is 16.4. The van der Waals surface area contributed by atoms with E-state index >= 15 is 0 Å². The Morgan fingerprint density at radius 3 is 2.88 bits per heavy atom. The highest BCUT2D eigenvalue weighted by Crippen LogP contribution is 2.32. The number of carboxylic acids is 1. The number of hydrogen-bond acceptors (Lipinski definition) is 5. The number of carbonyl (C=O) groups is 2. The zero-order valence-corrected chi connectivity index (χ0v) is 13.4. The van der Waals surface area contributed by atoms with Crippen molar-refractivity contribution in [2.75, 3.05) is 12.3 Å². The summed E-state index contributed by atoms with van der Waals surface area (Å²) in [6.45, 7) is -0.464. The van der Waals surface area contributed by atoms with Gasteiger partial charge in [0.2, 0.25) is 0 Å². The molecular formula is C17H14N6O3. The smallest absolute Gasteiger partial charge is 0.322 e. The second-order valence-corrected chi connectivity index (χ2v) is 5.79. The summed E-state index contributed by atoms with van der Waals surface area (Å²) in [7, 11) is 0. The molecule has 26 heavy (non-hydrogen) atoms. The Labute approximate surface area is 146 Å². The van der Waals surface area contributed by atoms with Gasteiger partial charge in [0.25, 0.3) is 5.91 Å². The molecule has 0 fully saturated rings. The number of anilines is 1. The molecule has 3 heterocycles. The molecule has 4 aromatic rings. The molecule has 3 aromatic heterocycles. The minimum atomic E-state index is -1.12. The van der Waals surface area contributed by atoms with Gasteiger partial charge in [0.15, 0.2) is 0 Å². The standard InChI is InChI=1S/C17H14N6O3/c18-14-3-10-12(5-19-13(10)6-20-14)8-1-9-4-22-23-16(9)11(2-8)17(26)21-7-15(24)25/h1-6,19H,7H2,(H2,18,20)(H,21,26)(H,22,23)(H,24,25). The van der Waals surface area contributed by atoms with Gasteiger partial charge in [-0.25, -0.2) is 4.98 Å². The second-order valence-electron chi connectivity index (χ2n) is 5.79. The van der Waals surface area contributed by atoms with Crippen molar-refractivity contribution in [1.29, 1.82) is 0 Å². The summed E-state index contributed by atoms with van der Waals surface area (Å²) in [6.07, 6.45) is 5.06. The van der Waals surface area contributed by atoms with Crippen molar-refractivity contribution in [2.45, 2.75) is 0 Å². The number of hydrogen-bond donors (Lipinski definition) is 5. The van der Waals surface area contributed by atoms with Crippen LogP contribution in [0.3, 0.4) is 0 Å². The highest BCUT2D eigenvalue weighted by molar-refractivity contribution is 6.09. The van der Waals surface area contributed by atoms with Gasteiger partial charge in [-0.1, -0.05) is 0 Å². The number of nitrogens with one attached hydrogen (secondary N) is 3. The largest absolute Gasteiger partial charge is 0.480 e. The number of nitrogens with zero attached hydrogens (tertiary/aromatic N) is 2. The molecule has 9 heteroatoms. The van der Waals surface area contributed by atoms with Crippen molar-refractivity contribution in [3.05, 3.63) is 42.4 Å². The molecule has 1 amide bonds. The van der Waals surface area contributed by atoms with Gasteiger partial charge in [-0.05, 0) is 23.8 Å². The first kappa shape index (κ1) is 15.6. The van der Waals surface area contributed by atoms with E-state index in [-0.39, 0.29) is 0 Å². The van der Waals surface area contributed by atoms with Crippen LogP contribution < -0.4 is 11.1 Å². The van der Waals surface area contributed by atoms with Crippen molar-refractivity contribution in [2.24, 2.45) is 0 Å². The van der Waals surface area contributed by atoms with E-state index < -0.39 is 18.4 Å². The first-order valence-corrected chi connectivity index (χ1v) is 7.73. The first-order chi connectivity index (χ1) is 12.5. The van der Waals surface area contributed by atoms with Crippen LogP contribution >= 0.6 is 0 Å². The van der Waals surface area contributed by atoms with Gasteiger partial charge in [0.1, 0.15) is 12.4 Å². The average Bonchev–Trinajstić information content (AvgIpc) is 3.24. The Hall–Kier alpha value is -3.88. The molecule has 0 aliphatic rings. The molecule has 1 aromatic carbocycles. The third kappa shape index (κ3) is 2.61. The van der Waals surface area contributed by atoms with Gasteiger partial charge < -0.3 is 21.1 Å². The van der Waals surface area contributed by atoms with Crippen LogP contribution in [0.15, 0.2) is 36.8 Å². The summed E-state index contributed by atoms with van der Waals surface area (Å²) in [5, 5.41) is 19.5. The number of H-pyrrole nitrogens is 2. The minimum Gasteiger partial charge on any atom is -0.480 e. The van der Waals surface area contributed by atoms with Crippen LogP contribution in [0.5, 0.6) is 0 Å². The summed E-state index contributed by atoms with van der Waals surface area (Å²) in [4.78, 5) is 30.3. The number of aromatic amines is 2. The Bertz CT molecular complexity index is 1160. The lowest BCUT2D eigenvalue weighted by molar-refractivity contribution is -0.135. The average molecular weight is 350 g/mol. The molecule has 0 atom stereocenters. The van der Waals surface area contributed by atoms with E-state index in [0.29, 0.717) is 16.9 Å². The third-order valence-corrected chi connectivity index (χ3v) is 4.09. The van der Waals surface area contributed by atoms with Gasteiger partial charge in [0.05, 0.1) is 29.0 Å². The number of benzene rings is 1. The number of amides is 1. The second kappa shape index (κ2) is 5.88. The van der Waals surface area contributed by atoms with Crippen LogP contribution in [0, 0.1) is 0 Å². The fourth-order valence-electron chi connectivity index (χ4n) is 2.92. The number of fused-ring (bicyclic) bond motifs is 2. The lowest BCUT2D eigenvalue weighted by Crippen LogP contribution is -2.29. The lowest BCUT2D eigenvalue weighted by atomic mass is 10.00. The summed E-state index contributed by atoms with van der Waals surface area (Å²) in [6, 6.07) is 5.34. The number of aliphatic carboxylic acids is 1. The Kier molecular flexibility index (Phi) is 3.54. The molecule has 0 radical (unpaired) electrons. The molecule has 6 N–H and O–H groups in total. The van der Waals surface area contributed by atoms with E-state index in [0.717, 1.165) is 27.4 Å². The van der Waals surface area contributed by atoms with Gasteiger partial charge in [-0.3, -0.25) is 14.7 Å². The normalized spacial score (nSPS) is 11.1. The summed E-state index contributed by atoms with van der Waals surface area (Å²) in [5.74, 6) is -1.22. The predicted octanol–water partition coefficient (Wildman–Crippen LogP) is 1.50. The molecular weight excluding hydrogens is 336 g/mol. The van der Waals surface area contributed by atoms with Gasteiger partial charge in [0, 0.05) is 22.5 Å². The number of nitrogens with two attached hydrogens (primary N) is 1. The van der Waals surface area contributed by atoms with Crippen LogP contribution in [0.4, 0.5) is 5.82 Å². The molecule has 0 spiro atoms. The summed E-state index contributed by atoms with van der Waals surface area (Å²) in [5.41, 5.74) is 9.09. The lowest BCUT2D eigenvalue weighted by Gasteiger charge is -2.07. The maximum atomic E-state index is 12.4. The van der Waals surface area contributed by atoms with Crippen molar-refractivity contribution in [3.63, 3.8) is 0 Å². The van der Waals surface area contributed by atoms with Crippen molar-refractivity contribution < 1.29 is 14.7 Å². The Morgan fingerprint density at radius 2 is 2.08 bits per heavy atom. The zero-order chi connectivity index (χ0) is 18.3. The van der Waals surface area contributed by atoms with E-state index in [9.17, 15) is 9.59 Å². The summed E-state index contributed by atoms with van der Waals surface area (Å²) >= 11 is 0. The number of pyridine rings is 1. The molecule has 0 saturated carbocycles. The number of carboxylic acid groups (broad SMARTS) is 1. The number of nitrogen functional groups attached to an aromatic ring is 1. The van der Waals surface area contributed by atoms with Crippen LogP contribution in [0.25, 0.3) is 32.9 Å². The van der Waals surface area contributed by atoms with E-state index in [4.69, 9.17) is 10.8 Å².